The molecule has 5 nitrogen and oxygen atoms in total. The molecule has 6 heteroatoms. The number of nitro groups is 1. The molecule has 0 spiro atoms. The molecule has 1 heterocycles. The molecule has 1 aromatic heterocycles. The normalized spacial score (nSPS) is 12.4. The van der Waals surface area contributed by atoms with Crippen molar-refractivity contribution in [2.24, 2.45) is 0 Å². The zero-order valence-corrected chi connectivity index (χ0v) is 12.7. The molecule has 0 fully saturated rings. The molecule has 2 rings (SSSR count). The fourth-order valence-corrected chi connectivity index (χ4v) is 2.28. The Hall–Kier alpha value is -1.82. The Morgan fingerprint density at radius 3 is 2.35 bits per heavy atom. The second kappa shape index (κ2) is 6.09. The van der Waals surface area contributed by atoms with Crippen LogP contribution in [0.5, 0.6) is 5.75 Å². The van der Waals surface area contributed by atoms with Gasteiger partial charge in [-0.25, -0.2) is 0 Å². The van der Waals surface area contributed by atoms with Crippen molar-refractivity contribution in [3.05, 3.63) is 57.8 Å². The smallest absolute Gasteiger partial charge is 0.433 e. The largest absolute Gasteiger partial charge is 0.491 e. The predicted molar refractivity (Wildman–Crippen MR) is 78.3 cm³/mol. The first-order valence-corrected chi connectivity index (χ1v) is 7.03. The lowest BCUT2D eigenvalue weighted by Crippen LogP contribution is -2.05. The summed E-state index contributed by atoms with van der Waals surface area (Å²) in [5.74, 6) is 1.02. The van der Waals surface area contributed by atoms with Crippen LogP contribution in [0.4, 0.5) is 5.88 Å². The SMILES string of the molecule is CC(C)Oc1ccc(C(Br)c2ccc([N+](=O)[O-])o2)cc1. The third-order valence-electron chi connectivity index (χ3n) is 2.59. The van der Waals surface area contributed by atoms with Crippen LogP contribution in [-0.4, -0.2) is 11.0 Å². The van der Waals surface area contributed by atoms with E-state index in [1.165, 1.54) is 6.07 Å². The van der Waals surface area contributed by atoms with Crippen LogP contribution in [0.3, 0.4) is 0 Å². The molecule has 0 saturated heterocycles. The van der Waals surface area contributed by atoms with Crippen molar-refractivity contribution in [2.75, 3.05) is 0 Å². The maximum atomic E-state index is 10.6. The molecular formula is C14H14BrNO4. The van der Waals surface area contributed by atoms with E-state index in [0.717, 1.165) is 11.3 Å². The fourth-order valence-electron chi connectivity index (χ4n) is 1.73. The number of benzene rings is 1. The van der Waals surface area contributed by atoms with Gasteiger partial charge in [-0.1, -0.05) is 28.1 Å². The van der Waals surface area contributed by atoms with Crippen molar-refractivity contribution in [1.82, 2.24) is 0 Å². The van der Waals surface area contributed by atoms with Gasteiger partial charge in [0, 0.05) is 0 Å². The van der Waals surface area contributed by atoms with E-state index in [1.54, 1.807) is 6.07 Å². The van der Waals surface area contributed by atoms with Gasteiger partial charge in [0.1, 0.15) is 16.4 Å². The molecule has 20 heavy (non-hydrogen) atoms. The summed E-state index contributed by atoms with van der Waals surface area (Å²) in [4.78, 5) is 9.82. The van der Waals surface area contributed by atoms with Crippen molar-refractivity contribution in [1.29, 1.82) is 0 Å². The lowest BCUT2D eigenvalue weighted by molar-refractivity contribution is -0.402. The van der Waals surface area contributed by atoms with Crippen LogP contribution < -0.4 is 4.74 Å². The summed E-state index contributed by atoms with van der Waals surface area (Å²) in [6.07, 6.45) is 0.119. The Bertz CT molecular complexity index is 591. The minimum Gasteiger partial charge on any atom is -0.491 e. The van der Waals surface area contributed by atoms with Crippen LogP contribution in [0.2, 0.25) is 0 Å². The van der Waals surface area contributed by atoms with Crippen LogP contribution in [-0.2, 0) is 0 Å². The Morgan fingerprint density at radius 2 is 1.85 bits per heavy atom. The monoisotopic (exact) mass is 339 g/mol. The first-order valence-electron chi connectivity index (χ1n) is 6.12. The van der Waals surface area contributed by atoms with Crippen molar-refractivity contribution < 1.29 is 14.1 Å². The Kier molecular flexibility index (Phi) is 4.44. The number of furan rings is 1. The molecule has 0 saturated carbocycles. The molecule has 1 atom stereocenters. The lowest BCUT2D eigenvalue weighted by Gasteiger charge is -2.11. The second-order valence-electron chi connectivity index (χ2n) is 4.53. The summed E-state index contributed by atoms with van der Waals surface area (Å²) in [6, 6.07) is 10.5. The van der Waals surface area contributed by atoms with Crippen molar-refractivity contribution >= 4 is 21.8 Å². The summed E-state index contributed by atoms with van der Waals surface area (Å²) >= 11 is 3.47. The van der Waals surface area contributed by atoms with E-state index >= 15 is 0 Å². The zero-order valence-electron chi connectivity index (χ0n) is 11.1. The van der Waals surface area contributed by atoms with E-state index in [0.29, 0.717) is 5.76 Å². The lowest BCUT2D eigenvalue weighted by atomic mass is 10.1. The van der Waals surface area contributed by atoms with Crippen LogP contribution in [0.15, 0.2) is 40.8 Å². The van der Waals surface area contributed by atoms with Gasteiger partial charge in [0.25, 0.3) is 0 Å². The van der Waals surface area contributed by atoms with Crippen molar-refractivity contribution in [3.8, 4) is 5.75 Å². The summed E-state index contributed by atoms with van der Waals surface area (Å²) in [7, 11) is 0. The number of ether oxygens (including phenoxy) is 1. The van der Waals surface area contributed by atoms with E-state index in [4.69, 9.17) is 9.15 Å². The van der Waals surface area contributed by atoms with E-state index < -0.39 is 4.92 Å². The molecule has 0 radical (unpaired) electrons. The third-order valence-corrected chi connectivity index (χ3v) is 3.57. The molecule has 0 amide bonds. The van der Waals surface area contributed by atoms with Gasteiger partial charge in [-0.2, -0.15) is 0 Å². The van der Waals surface area contributed by atoms with Gasteiger partial charge in [0.2, 0.25) is 0 Å². The number of nitrogens with zero attached hydrogens (tertiary/aromatic N) is 1. The number of hydrogen-bond donors (Lipinski definition) is 0. The van der Waals surface area contributed by atoms with E-state index in [-0.39, 0.29) is 16.8 Å². The molecule has 0 bridgehead atoms. The number of halogens is 1. The highest BCUT2D eigenvalue weighted by atomic mass is 79.9. The van der Waals surface area contributed by atoms with Crippen LogP contribution in [0, 0.1) is 10.1 Å². The standard InChI is InChI=1S/C14H14BrNO4/c1-9(2)19-11-5-3-10(4-6-11)14(15)12-7-8-13(20-12)16(17)18/h3-9,14H,1-2H3. The zero-order chi connectivity index (χ0) is 14.7. The number of alkyl halides is 1. The van der Waals surface area contributed by atoms with Gasteiger partial charge in [0.05, 0.1) is 17.0 Å². The van der Waals surface area contributed by atoms with Gasteiger partial charge in [-0.05, 0) is 37.6 Å². The van der Waals surface area contributed by atoms with Crippen molar-refractivity contribution in [3.63, 3.8) is 0 Å². The quantitative estimate of drug-likeness (QED) is 0.458. The second-order valence-corrected chi connectivity index (χ2v) is 5.45. The van der Waals surface area contributed by atoms with Crippen LogP contribution in [0.1, 0.15) is 30.0 Å². The van der Waals surface area contributed by atoms with Gasteiger partial charge in [0.15, 0.2) is 0 Å². The molecule has 2 aromatic rings. The molecule has 1 unspecified atom stereocenters. The fraction of sp³-hybridized carbons (Fsp3) is 0.286. The van der Waals surface area contributed by atoms with Gasteiger partial charge >= 0.3 is 5.88 Å². The summed E-state index contributed by atoms with van der Waals surface area (Å²) in [5.41, 5.74) is 0.936. The minimum atomic E-state index is -0.553. The molecular weight excluding hydrogens is 326 g/mol. The maximum Gasteiger partial charge on any atom is 0.433 e. The molecule has 0 aliphatic heterocycles. The minimum absolute atomic E-state index is 0.119. The Balaban J connectivity index is 2.15. The molecule has 0 aliphatic carbocycles. The Labute approximate surface area is 124 Å². The van der Waals surface area contributed by atoms with E-state index in [2.05, 4.69) is 15.9 Å². The predicted octanol–water partition coefficient (Wildman–Crippen LogP) is 4.46. The maximum absolute atomic E-state index is 10.6. The van der Waals surface area contributed by atoms with Gasteiger partial charge < -0.3 is 9.15 Å². The van der Waals surface area contributed by atoms with Crippen LogP contribution in [0.25, 0.3) is 0 Å². The average Bonchev–Trinajstić information content (AvgIpc) is 2.88. The Morgan fingerprint density at radius 1 is 1.20 bits per heavy atom. The molecule has 1 aromatic carbocycles. The topological polar surface area (TPSA) is 65.5 Å². The van der Waals surface area contributed by atoms with Gasteiger partial charge in [-0.3, -0.25) is 10.1 Å². The third kappa shape index (κ3) is 3.39. The molecule has 0 aliphatic rings. The number of rotatable bonds is 5. The highest BCUT2D eigenvalue weighted by molar-refractivity contribution is 9.09. The molecule has 0 N–H and O–H groups in total. The highest BCUT2D eigenvalue weighted by Gasteiger charge is 2.19. The first kappa shape index (κ1) is 14.6. The van der Waals surface area contributed by atoms with Crippen molar-refractivity contribution in [2.45, 2.75) is 24.8 Å². The van der Waals surface area contributed by atoms with Gasteiger partial charge in [-0.15, -0.1) is 0 Å². The van der Waals surface area contributed by atoms with Crippen LogP contribution >= 0.6 is 15.9 Å². The average molecular weight is 340 g/mol. The van der Waals surface area contributed by atoms with E-state index in [1.807, 2.05) is 38.1 Å². The molecule has 106 valence electrons. The summed E-state index contributed by atoms with van der Waals surface area (Å²) in [6.45, 7) is 3.92. The number of hydrogen-bond acceptors (Lipinski definition) is 4. The summed E-state index contributed by atoms with van der Waals surface area (Å²) in [5, 5.41) is 10.6. The summed E-state index contributed by atoms with van der Waals surface area (Å²) < 4.78 is 10.7. The first-order chi connectivity index (χ1) is 9.47. The highest BCUT2D eigenvalue weighted by Crippen LogP contribution is 2.34. The van der Waals surface area contributed by atoms with E-state index in [9.17, 15) is 10.1 Å².